The topological polar surface area (TPSA) is 46.2 Å². The Bertz CT molecular complexity index is 702. The third kappa shape index (κ3) is 6.76. The Morgan fingerprint density at radius 2 is 1.44 bits per heavy atom. The second-order valence-electron chi connectivity index (χ2n) is 8.49. The van der Waals surface area contributed by atoms with Crippen LogP contribution in [-0.2, 0) is 10.0 Å². The lowest BCUT2D eigenvalue weighted by molar-refractivity contribution is 0.576. The average Bonchev–Trinajstić information content (AvgIpc) is 2.59. The van der Waals surface area contributed by atoms with E-state index in [1.54, 1.807) is 0 Å². The van der Waals surface area contributed by atoms with Gasteiger partial charge in [0, 0.05) is 6.54 Å². The van der Waals surface area contributed by atoms with Gasteiger partial charge in [0.25, 0.3) is 0 Å². The van der Waals surface area contributed by atoms with E-state index in [4.69, 9.17) is 0 Å². The number of allylic oxidation sites excluding steroid dienone is 1. The van der Waals surface area contributed by atoms with Gasteiger partial charge in [-0.15, -0.1) is 0 Å². The van der Waals surface area contributed by atoms with Gasteiger partial charge in [-0.3, -0.25) is 0 Å². The molecule has 1 aromatic rings. The number of hydrogen-bond donors (Lipinski definition) is 1. The van der Waals surface area contributed by atoms with Crippen molar-refractivity contribution in [2.24, 2.45) is 5.92 Å². The van der Waals surface area contributed by atoms with E-state index in [0.29, 0.717) is 29.7 Å². The van der Waals surface area contributed by atoms with Gasteiger partial charge in [0.1, 0.15) is 0 Å². The smallest absolute Gasteiger partial charge is 0.211 e. The van der Waals surface area contributed by atoms with Crippen LogP contribution in [0.1, 0.15) is 103 Å². The summed E-state index contributed by atoms with van der Waals surface area (Å²) in [4.78, 5) is 0.489. The van der Waals surface area contributed by atoms with Crippen LogP contribution in [0.3, 0.4) is 0 Å². The van der Waals surface area contributed by atoms with E-state index < -0.39 is 10.0 Å². The van der Waals surface area contributed by atoms with Gasteiger partial charge < -0.3 is 0 Å². The maximum atomic E-state index is 13.2. The van der Waals surface area contributed by atoms with Crippen molar-refractivity contribution in [2.75, 3.05) is 6.54 Å². The van der Waals surface area contributed by atoms with Gasteiger partial charge in [-0.25, -0.2) is 13.1 Å². The lowest BCUT2D eigenvalue weighted by Gasteiger charge is -2.23. The second kappa shape index (κ2) is 10.4. The quantitative estimate of drug-likeness (QED) is 0.373. The molecule has 0 heterocycles. The molecule has 0 bridgehead atoms. The molecule has 3 nitrogen and oxygen atoms in total. The van der Waals surface area contributed by atoms with Crippen molar-refractivity contribution in [3.63, 3.8) is 0 Å². The van der Waals surface area contributed by atoms with E-state index in [1.807, 2.05) is 0 Å². The fourth-order valence-electron chi connectivity index (χ4n) is 3.01. The maximum Gasteiger partial charge on any atom is 0.241 e. The molecule has 1 N–H and O–H groups in total. The van der Waals surface area contributed by atoms with Gasteiger partial charge in [0.15, 0.2) is 0 Å². The highest BCUT2D eigenvalue weighted by Crippen LogP contribution is 2.34. The first-order valence-electron chi connectivity index (χ1n) is 10.3. The minimum Gasteiger partial charge on any atom is -0.211 e. The van der Waals surface area contributed by atoms with E-state index >= 15 is 0 Å². The third-order valence-corrected chi connectivity index (χ3v) is 6.65. The molecule has 1 unspecified atom stereocenters. The van der Waals surface area contributed by atoms with Crippen molar-refractivity contribution in [1.82, 2.24) is 4.72 Å². The van der Waals surface area contributed by atoms with Crippen LogP contribution in [0.5, 0.6) is 0 Å². The van der Waals surface area contributed by atoms with Gasteiger partial charge in [-0.1, -0.05) is 86.1 Å². The van der Waals surface area contributed by atoms with Crippen LogP contribution in [0.2, 0.25) is 0 Å². The molecular weight excluding hydrogens is 354 g/mol. The Labute approximate surface area is 167 Å². The van der Waals surface area contributed by atoms with Crippen LogP contribution in [0.25, 0.3) is 0 Å². The van der Waals surface area contributed by atoms with Crippen LogP contribution < -0.4 is 4.72 Å². The number of nitrogens with one attached hydrogen (secondary N) is 1. The Balaban J connectivity index is 3.23. The highest BCUT2D eigenvalue weighted by atomic mass is 32.2. The molecule has 0 aromatic heterocycles. The molecule has 0 amide bonds. The van der Waals surface area contributed by atoms with E-state index in [1.165, 1.54) is 5.56 Å². The second-order valence-corrected chi connectivity index (χ2v) is 10.2. The lowest BCUT2D eigenvalue weighted by Crippen LogP contribution is -2.27. The van der Waals surface area contributed by atoms with Gasteiger partial charge in [0.2, 0.25) is 10.0 Å². The molecule has 1 rings (SSSR count). The molecule has 0 spiro atoms. The summed E-state index contributed by atoms with van der Waals surface area (Å²) in [5.41, 5.74) is 3.05. The van der Waals surface area contributed by atoms with Crippen molar-refractivity contribution >= 4 is 10.0 Å². The SMILES string of the molecule is CCC(C)/C=C/CCNS(=O)(=O)c1c(C(C)C)cc(C(C)C)cc1C(C)C. The van der Waals surface area contributed by atoms with Crippen molar-refractivity contribution in [2.45, 2.75) is 90.9 Å². The third-order valence-electron chi connectivity index (χ3n) is 5.06. The monoisotopic (exact) mass is 393 g/mol. The number of benzene rings is 1. The Kier molecular flexibility index (Phi) is 9.23. The Morgan fingerprint density at radius 1 is 0.926 bits per heavy atom. The van der Waals surface area contributed by atoms with Gasteiger partial charge in [0.05, 0.1) is 4.90 Å². The first-order valence-corrected chi connectivity index (χ1v) is 11.8. The zero-order chi connectivity index (χ0) is 20.8. The molecule has 0 radical (unpaired) electrons. The zero-order valence-corrected chi connectivity index (χ0v) is 19.3. The highest BCUT2D eigenvalue weighted by molar-refractivity contribution is 7.89. The molecule has 1 aromatic carbocycles. The van der Waals surface area contributed by atoms with Gasteiger partial charge in [-0.2, -0.15) is 0 Å². The fraction of sp³-hybridized carbons (Fsp3) is 0.652. The van der Waals surface area contributed by atoms with E-state index in [-0.39, 0.29) is 11.8 Å². The first-order chi connectivity index (χ1) is 12.5. The summed E-state index contributed by atoms with van der Waals surface area (Å²) in [6.45, 7) is 17.3. The minimum absolute atomic E-state index is 0.151. The van der Waals surface area contributed by atoms with Crippen molar-refractivity contribution in [1.29, 1.82) is 0 Å². The predicted octanol–water partition coefficient (Wildman–Crippen LogP) is 6.33. The normalized spacial score (nSPS) is 14.0. The minimum atomic E-state index is -3.54. The molecule has 0 aliphatic heterocycles. The number of sulfonamides is 1. The summed E-state index contributed by atoms with van der Waals surface area (Å²) >= 11 is 0. The number of hydrogen-bond acceptors (Lipinski definition) is 2. The van der Waals surface area contributed by atoms with Crippen molar-refractivity contribution < 1.29 is 8.42 Å². The zero-order valence-electron chi connectivity index (χ0n) is 18.5. The van der Waals surface area contributed by atoms with Crippen LogP contribution in [0.4, 0.5) is 0 Å². The Morgan fingerprint density at radius 3 is 1.85 bits per heavy atom. The van der Waals surface area contributed by atoms with Crippen LogP contribution in [0.15, 0.2) is 29.2 Å². The summed E-state index contributed by atoms with van der Waals surface area (Å²) in [5, 5.41) is 0. The molecule has 27 heavy (non-hydrogen) atoms. The molecule has 1 atom stereocenters. The van der Waals surface area contributed by atoms with Gasteiger partial charge >= 0.3 is 0 Å². The molecule has 4 heteroatoms. The summed E-state index contributed by atoms with van der Waals surface area (Å²) in [7, 11) is -3.54. The van der Waals surface area contributed by atoms with Crippen molar-refractivity contribution in [3.8, 4) is 0 Å². The van der Waals surface area contributed by atoms with Gasteiger partial charge in [-0.05, 0) is 46.8 Å². The molecular formula is C23H39NO2S. The largest absolute Gasteiger partial charge is 0.241 e. The molecule has 0 aliphatic rings. The van der Waals surface area contributed by atoms with Crippen LogP contribution in [-0.4, -0.2) is 15.0 Å². The highest BCUT2D eigenvalue weighted by Gasteiger charge is 2.26. The molecule has 154 valence electrons. The summed E-state index contributed by atoms with van der Waals surface area (Å²) < 4.78 is 29.2. The first kappa shape index (κ1) is 23.9. The summed E-state index contributed by atoms with van der Waals surface area (Å²) in [5.74, 6) is 1.21. The molecule has 0 aliphatic carbocycles. The van der Waals surface area contributed by atoms with Crippen LogP contribution >= 0.6 is 0 Å². The lowest BCUT2D eigenvalue weighted by atomic mass is 9.89. The molecule has 0 saturated heterocycles. The number of rotatable bonds is 10. The van der Waals surface area contributed by atoms with E-state index in [2.05, 4.69) is 84.4 Å². The Hall–Kier alpha value is -1.13. The summed E-state index contributed by atoms with van der Waals surface area (Å²) in [6.07, 6.45) is 6.04. The standard InChI is InChI=1S/C23H39NO2S/c1-9-19(8)12-10-11-13-24-27(25,26)23-21(17(4)5)14-20(16(2)3)15-22(23)18(6)7/h10,12,14-19,24H,9,11,13H2,1-8H3/b12-10+. The predicted molar refractivity (Wildman–Crippen MR) is 117 cm³/mol. The molecule has 0 saturated carbocycles. The fourth-order valence-corrected chi connectivity index (χ4v) is 4.75. The maximum absolute atomic E-state index is 13.2. The molecule has 0 fully saturated rings. The van der Waals surface area contributed by atoms with Crippen LogP contribution in [0, 0.1) is 5.92 Å². The van der Waals surface area contributed by atoms with E-state index in [9.17, 15) is 8.42 Å². The average molecular weight is 394 g/mol. The van der Waals surface area contributed by atoms with E-state index in [0.717, 1.165) is 17.5 Å². The van der Waals surface area contributed by atoms with Crippen molar-refractivity contribution in [3.05, 3.63) is 41.0 Å². The summed E-state index contributed by atoms with van der Waals surface area (Å²) in [6, 6.07) is 4.16.